The van der Waals surface area contributed by atoms with E-state index in [9.17, 15) is 4.79 Å². The fourth-order valence-corrected chi connectivity index (χ4v) is 4.43. The van der Waals surface area contributed by atoms with Crippen LogP contribution in [0.15, 0.2) is 42.7 Å². The van der Waals surface area contributed by atoms with Crippen molar-refractivity contribution in [2.45, 2.75) is 19.3 Å². The maximum absolute atomic E-state index is 12.6. The van der Waals surface area contributed by atoms with Gasteiger partial charge in [0.15, 0.2) is 0 Å². The molecule has 4 heteroatoms. The molecule has 3 atom stereocenters. The molecule has 2 heterocycles. The first-order chi connectivity index (χ1) is 11.2. The lowest BCUT2D eigenvalue weighted by molar-refractivity contribution is 0.0776. The number of rotatable bonds is 3. The largest absolute Gasteiger partial charge is 0.338 e. The molecule has 1 aliphatic heterocycles. The van der Waals surface area contributed by atoms with E-state index in [1.54, 1.807) is 10.9 Å². The topological polar surface area (TPSA) is 38.1 Å². The van der Waals surface area contributed by atoms with Crippen molar-refractivity contribution < 1.29 is 4.79 Å². The summed E-state index contributed by atoms with van der Waals surface area (Å²) in [5.74, 6) is 2.21. The van der Waals surface area contributed by atoms with E-state index in [1.165, 1.54) is 18.4 Å². The highest BCUT2D eigenvalue weighted by molar-refractivity contribution is 5.93. The lowest BCUT2D eigenvalue weighted by Gasteiger charge is -2.20. The third-order valence-corrected chi connectivity index (χ3v) is 5.59. The van der Waals surface area contributed by atoms with Crippen LogP contribution >= 0.6 is 0 Å². The number of nitrogens with zero attached hydrogens (tertiary/aromatic N) is 3. The Balaban J connectivity index is 1.44. The van der Waals surface area contributed by atoms with Crippen molar-refractivity contribution >= 4 is 5.91 Å². The normalized spacial score (nSPS) is 26.5. The third-order valence-electron chi connectivity index (χ3n) is 5.59. The van der Waals surface area contributed by atoms with Gasteiger partial charge < -0.3 is 4.90 Å². The van der Waals surface area contributed by atoms with Crippen LogP contribution in [0.1, 0.15) is 28.8 Å². The monoisotopic (exact) mass is 309 g/mol. The van der Waals surface area contributed by atoms with Crippen LogP contribution in [0.4, 0.5) is 0 Å². The lowest BCUT2D eigenvalue weighted by atomic mass is 9.87. The molecule has 2 fully saturated rings. The Kier molecular flexibility index (Phi) is 3.68. The minimum absolute atomic E-state index is 0.144. The molecule has 1 saturated heterocycles. The molecule has 0 bridgehead atoms. The second kappa shape index (κ2) is 5.84. The molecule has 1 saturated carbocycles. The van der Waals surface area contributed by atoms with E-state index in [0.29, 0.717) is 23.3 Å². The minimum atomic E-state index is 0.144. The van der Waals surface area contributed by atoms with E-state index in [4.69, 9.17) is 0 Å². The molecule has 4 rings (SSSR count). The Bertz CT molecular complexity index is 694. The molecule has 1 amide bonds. The number of likely N-dealkylation sites (tertiary alicyclic amines) is 1. The Labute approximate surface area is 137 Å². The first kappa shape index (κ1) is 14.5. The fourth-order valence-electron chi connectivity index (χ4n) is 4.43. The maximum Gasteiger partial charge on any atom is 0.257 e. The first-order valence-electron chi connectivity index (χ1n) is 8.52. The van der Waals surface area contributed by atoms with Gasteiger partial charge in [0.25, 0.3) is 5.91 Å². The zero-order chi connectivity index (χ0) is 15.8. The van der Waals surface area contributed by atoms with E-state index in [0.717, 1.165) is 19.5 Å². The van der Waals surface area contributed by atoms with Crippen molar-refractivity contribution in [2.24, 2.45) is 24.8 Å². The van der Waals surface area contributed by atoms with Crippen molar-refractivity contribution in [1.82, 2.24) is 14.7 Å². The molecule has 120 valence electrons. The molecule has 1 aliphatic carbocycles. The van der Waals surface area contributed by atoms with Gasteiger partial charge >= 0.3 is 0 Å². The number of benzene rings is 1. The Morgan fingerprint density at radius 1 is 1.22 bits per heavy atom. The molecule has 0 N–H and O–H groups in total. The van der Waals surface area contributed by atoms with Crippen molar-refractivity contribution in [3.8, 4) is 0 Å². The van der Waals surface area contributed by atoms with Gasteiger partial charge in [-0.1, -0.05) is 30.3 Å². The SMILES string of the molecule is Cn1cc(C(=O)N2C[C@H]3CC[C@H](Cc4ccccc4)[C@H]3C2)cn1. The number of carbonyl (C=O) groups excluding carboxylic acids is 1. The molecule has 1 aromatic heterocycles. The Morgan fingerprint density at radius 3 is 2.78 bits per heavy atom. The molecule has 2 aromatic rings. The molecule has 0 spiro atoms. The number of amides is 1. The summed E-state index contributed by atoms with van der Waals surface area (Å²) in [5, 5.41) is 4.12. The van der Waals surface area contributed by atoms with Gasteiger partial charge in [-0.15, -0.1) is 0 Å². The van der Waals surface area contributed by atoms with E-state index < -0.39 is 0 Å². The summed E-state index contributed by atoms with van der Waals surface area (Å²) >= 11 is 0. The highest BCUT2D eigenvalue weighted by atomic mass is 16.2. The number of carbonyl (C=O) groups is 1. The minimum Gasteiger partial charge on any atom is -0.338 e. The fraction of sp³-hybridized carbons (Fsp3) is 0.474. The maximum atomic E-state index is 12.6. The van der Waals surface area contributed by atoms with Crippen LogP contribution in [0, 0.1) is 17.8 Å². The average molecular weight is 309 g/mol. The molecule has 0 radical (unpaired) electrons. The first-order valence-corrected chi connectivity index (χ1v) is 8.52. The molecular weight excluding hydrogens is 286 g/mol. The zero-order valence-corrected chi connectivity index (χ0v) is 13.6. The Hall–Kier alpha value is -2.10. The molecular formula is C19H23N3O. The Morgan fingerprint density at radius 2 is 2.04 bits per heavy atom. The summed E-state index contributed by atoms with van der Waals surface area (Å²) in [5.41, 5.74) is 2.14. The number of hydrogen-bond acceptors (Lipinski definition) is 2. The van der Waals surface area contributed by atoms with Crippen LogP contribution in [0.25, 0.3) is 0 Å². The zero-order valence-electron chi connectivity index (χ0n) is 13.6. The molecule has 4 nitrogen and oxygen atoms in total. The van der Waals surface area contributed by atoms with Gasteiger partial charge in [-0.3, -0.25) is 9.48 Å². The standard InChI is InChI=1S/C19H23N3O/c1-21-11-17(10-20-21)19(23)22-12-16-8-7-15(18(16)13-22)9-14-5-3-2-4-6-14/h2-6,10-11,15-16,18H,7-9,12-13H2,1H3/t15-,16-,18-/m1/s1. The van der Waals surface area contributed by atoms with Crippen LogP contribution in [-0.2, 0) is 13.5 Å². The average Bonchev–Trinajstić information content (AvgIpc) is 3.25. The second-order valence-corrected chi connectivity index (χ2v) is 7.06. The highest BCUT2D eigenvalue weighted by Gasteiger charge is 2.43. The van der Waals surface area contributed by atoms with E-state index >= 15 is 0 Å². The van der Waals surface area contributed by atoms with Gasteiger partial charge in [-0.2, -0.15) is 5.10 Å². The number of aryl methyl sites for hydroxylation is 1. The van der Waals surface area contributed by atoms with Crippen LogP contribution in [0.5, 0.6) is 0 Å². The van der Waals surface area contributed by atoms with E-state index in [2.05, 4.69) is 35.4 Å². The number of fused-ring (bicyclic) bond motifs is 1. The smallest absolute Gasteiger partial charge is 0.257 e. The van der Waals surface area contributed by atoms with Gasteiger partial charge in [0, 0.05) is 26.3 Å². The lowest BCUT2D eigenvalue weighted by Crippen LogP contribution is -2.30. The highest BCUT2D eigenvalue weighted by Crippen LogP contribution is 2.43. The van der Waals surface area contributed by atoms with Crippen molar-refractivity contribution in [1.29, 1.82) is 0 Å². The van der Waals surface area contributed by atoms with Crippen molar-refractivity contribution in [3.63, 3.8) is 0 Å². The summed E-state index contributed by atoms with van der Waals surface area (Å²) < 4.78 is 1.70. The predicted molar refractivity (Wildman–Crippen MR) is 89.0 cm³/mol. The van der Waals surface area contributed by atoms with Crippen molar-refractivity contribution in [3.05, 3.63) is 53.9 Å². The predicted octanol–water partition coefficient (Wildman–Crippen LogP) is 2.76. The van der Waals surface area contributed by atoms with Gasteiger partial charge in [0.1, 0.15) is 0 Å². The molecule has 23 heavy (non-hydrogen) atoms. The molecule has 2 aliphatic rings. The summed E-state index contributed by atoms with van der Waals surface area (Å²) in [6, 6.07) is 10.8. The molecule has 0 unspecified atom stereocenters. The van der Waals surface area contributed by atoms with Crippen LogP contribution in [0.3, 0.4) is 0 Å². The summed E-state index contributed by atoms with van der Waals surface area (Å²) in [6.45, 7) is 1.83. The van der Waals surface area contributed by atoms with Crippen LogP contribution in [-0.4, -0.2) is 33.7 Å². The van der Waals surface area contributed by atoms with Gasteiger partial charge in [-0.05, 0) is 42.6 Å². The second-order valence-electron chi connectivity index (χ2n) is 7.06. The van der Waals surface area contributed by atoms with E-state index in [1.807, 2.05) is 18.1 Å². The van der Waals surface area contributed by atoms with Gasteiger partial charge in [0.05, 0.1) is 11.8 Å². The summed E-state index contributed by atoms with van der Waals surface area (Å²) in [4.78, 5) is 14.7. The quantitative estimate of drug-likeness (QED) is 0.874. The number of hydrogen-bond donors (Lipinski definition) is 0. The van der Waals surface area contributed by atoms with Gasteiger partial charge in [-0.25, -0.2) is 0 Å². The summed E-state index contributed by atoms with van der Waals surface area (Å²) in [6.07, 6.45) is 7.21. The van der Waals surface area contributed by atoms with Crippen LogP contribution in [0.2, 0.25) is 0 Å². The third kappa shape index (κ3) is 2.78. The van der Waals surface area contributed by atoms with Crippen LogP contribution < -0.4 is 0 Å². The number of aromatic nitrogens is 2. The van der Waals surface area contributed by atoms with E-state index in [-0.39, 0.29) is 5.91 Å². The molecule has 1 aromatic carbocycles. The van der Waals surface area contributed by atoms with Crippen molar-refractivity contribution in [2.75, 3.05) is 13.1 Å². The summed E-state index contributed by atoms with van der Waals surface area (Å²) in [7, 11) is 1.85. The van der Waals surface area contributed by atoms with Gasteiger partial charge in [0.2, 0.25) is 0 Å².